The number of hydrogen-bond donors (Lipinski definition) is 3. The van der Waals surface area contributed by atoms with Gasteiger partial charge in [0.25, 0.3) is 5.91 Å². The first-order chi connectivity index (χ1) is 12.1. The Morgan fingerprint density at radius 3 is 2.36 bits per heavy atom. The summed E-state index contributed by atoms with van der Waals surface area (Å²) in [6, 6.07) is 15.6. The van der Waals surface area contributed by atoms with Gasteiger partial charge in [-0.2, -0.15) is 0 Å². The van der Waals surface area contributed by atoms with Gasteiger partial charge in [-0.25, -0.2) is 4.79 Å². The molecule has 2 rings (SSSR count). The molecule has 1 unspecified atom stereocenters. The Labute approximate surface area is 147 Å². The van der Waals surface area contributed by atoms with E-state index in [9.17, 15) is 9.59 Å². The molecule has 0 fully saturated rings. The number of benzene rings is 2. The maximum Gasteiger partial charge on any atom is 0.319 e. The van der Waals surface area contributed by atoms with Crippen molar-refractivity contribution in [3.8, 4) is 12.3 Å². The van der Waals surface area contributed by atoms with Crippen LogP contribution in [0.4, 0.5) is 10.5 Å². The Morgan fingerprint density at radius 2 is 1.76 bits per heavy atom. The maximum absolute atomic E-state index is 12.2. The summed E-state index contributed by atoms with van der Waals surface area (Å²) in [6.07, 6.45) is 5.80. The van der Waals surface area contributed by atoms with Crippen LogP contribution >= 0.6 is 0 Å². The number of amides is 3. The Kier molecular flexibility index (Phi) is 6.61. The lowest BCUT2D eigenvalue weighted by atomic mass is 10.0. The molecule has 3 N–H and O–H groups in total. The summed E-state index contributed by atoms with van der Waals surface area (Å²) < 4.78 is 0. The van der Waals surface area contributed by atoms with Gasteiger partial charge in [-0.05, 0) is 36.8 Å². The third kappa shape index (κ3) is 5.40. The average molecular weight is 335 g/mol. The molecule has 25 heavy (non-hydrogen) atoms. The van der Waals surface area contributed by atoms with Crippen molar-refractivity contribution in [1.29, 1.82) is 0 Å². The van der Waals surface area contributed by atoms with Crippen molar-refractivity contribution in [3.63, 3.8) is 0 Å². The van der Waals surface area contributed by atoms with E-state index in [0.717, 1.165) is 5.56 Å². The zero-order valence-corrected chi connectivity index (χ0v) is 14.1. The van der Waals surface area contributed by atoms with E-state index in [1.54, 1.807) is 24.3 Å². The molecule has 0 saturated carbocycles. The number of carbonyl (C=O) groups excluding carboxylic acids is 2. The molecule has 5 nitrogen and oxygen atoms in total. The molecule has 2 aromatic rings. The highest BCUT2D eigenvalue weighted by Gasteiger charge is 2.13. The highest BCUT2D eigenvalue weighted by atomic mass is 16.2. The molecule has 0 saturated heterocycles. The molecule has 0 radical (unpaired) electrons. The zero-order valence-electron chi connectivity index (χ0n) is 14.1. The second-order valence-corrected chi connectivity index (χ2v) is 5.41. The predicted molar refractivity (Wildman–Crippen MR) is 99.2 cm³/mol. The summed E-state index contributed by atoms with van der Waals surface area (Å²) in [5, 5.41) is 8.34. The average Bonchev–Trinajstić information content (AvgIpc) is 2.63. The second-order valence-electron chi connectivity index (χ2n) is 5.41. The monoisotopic (exact) mass is 335 g/mol. The van der Waals surface area contributed by atoms with Gasteiger partial charge in [-0.1, -0.05) is 30.3 Å². The van der Waals surface area contributed by atoms with Gasteiger partial charge in [-0.3, -0.25) is 4.79 Å². The quantitative estimate of drug-likeness (QED) is 0.709. The summed E-state index contributed by atoms with van der Waals surface area (Å²) in [4.78, 5) is 23.9. The summed E-state index contributed by atoms with van der Waals surface area (Å²) in [5.74, 6) is 2.44. The molecule has 0 heterocycles. The van der Waals surface area contributed by atoms with Gasteiger partial charge in [0.15, 0.2) is 0 Å². The number of nitrogens with one attached hydrogen (secondary N) is 3. The van der Waals surface area contributed by atoms with Crippen molar-refractivity contribution < 1.29 is 9.59 Å². The van der Waals surface area contributed by atoms with E-state index >= 15 is 0 Å². The van der Waals surface area contributed by atoms with E-state index in [1.165, 1.54) is 0 Å². The zero-order chi connectivity index (χ0) is 18.1. The Hall–Kier alpha value is -3.26. The van der Waals surface area contributed by atoms with Crippen molar-refractivity contribution in [2.75, 3.05) is 11.9 Å². The molecule has 1 atom stereocenters. The van der Waals surface area contributed by atoms with Crippen LogP contribution in [-0.4, -0.2) is 18.5 Å². The number of hydrogen-bond acceptors (Lipinski definition) is 2. The number of anilines is 1. The molecule has 0 aliphatic heterocycles. The number of urea groups is 1. The largest absolute Gasteiger partial charge is 0.352 e. The summed E-state index contributed by atoms with van der Waals surface area (Å²) >= 11 is 0. The molecular formula is C20H21N3O2. The van der Waals surface area contributed by atoms with Crippen LogP contribution in [0.3, 0.4) is 0 Å². The van der Waals surface area contributed by atoms with Crippen molar-refractivity contribution in [3.05, 3.63) is 65.7 Å². The maximum atomic E-state index is 12.2. The summed E-state index contributed by atoms with van der Waals surface area (Å²) in [7, 11) is 0. The minimum absolute atomic E-state index is 0.142. The van der Waals surface area contributed by atoms with Crippen LogP contribution in [0.15, 0.2) is 54.6 Å². The lowest BCUT2D eigenvalue weighted by Crippen LogP contribution is -2.32. The molecule has 0 aliphatic rings. The smallest absolute Gasteiger partial charge is 0.319 e. The Balaban J connectivity index is 1.99. The highest BCUT2D eigenvalue weighted by Crippen LogP contribution is 2.16. The van der Waals surface area contributed by atoms with E-state index < -0.39 is 0 Å². The van der Waals surface area contributed by atoms with Gasteiger partial charge in [0.2, 0.25) is 0 Å². The first kappa shape index (κ1) is 18.1. The first-order valence-corrected chi connectivity index (χ1v) is 8.08. The molecular weight excluding hydrogens is 314 g/mol. The fraction of sp³-hybridized carbons (Fsp3) is 0.200. The SMILES string of the molecule is C#CCC(NC(=O)Nc1ccc(C(=O)NCC)cc1)c1ccccc1. The normalized spacial score (nSPS) is 11.0. The highest BCUT2D eigenvalue weighted by molar-refractivity contribution is 5.95. The molecule has 0 spiro atoms. The van der Waals surface area contributed by atoms with Crippen LogP contribution in [0.5, 0.6) is 0 Å². The summed E-state index contributed by atoms with van der Waals surface area (Å²) in [5.41, 5.74) is 2.09. The van der Waals surface area contributed by atoms with Crippen LogP contribution in [0.25, 0.3) is 0 Å². The number of carbonyl (C=O) groups is 2. The van der Waals surface area contributed by atoms with Crippen LogP contribution < -0.4 is 16.0 Å². The van der Waals surface area contributed by atoms with Crippen molar-refractivity contribution in [2.24, 2.45) is 0 Å². The van der Waals surface area contributed by atoms with E-state index in [2.05, 4.69) is 21.9 Å². The van der Waals surface area contributed by atoms with Gasteiger partial charge in [-0.15, -0.1) is 12.3 Å². The van der Waals surface area contributed by atoms with E-state index in [-0.39, 0.29) is 18.0 Å². The minimum atomic E-state index is -0.352. The number of terminal acetylenes is 1. The second kappa shape index (κ2) is 9.14. The minimum Gasteiger partial charge on any atom is -0.352 e. The van der Waals surface area contributed by atoms with Crippen LogP contribution in [0, 0.1) is 12.3 Å². The molecule has 0 bridgehead atoms. The van der Waals surface area contributed by atoms with E-state index in [0.29, 0.717) is 24.2 Å². The van der Waals surface area contributed by atoms with Crippen LogP contribution in [-0.2, 0) is 0 Å². The molecule has 0 aliphatic carbocycles. The fourth-order valence-electron chi connectivity index (χ4n) is 2.35. The van der Waals surface area contributed by atoms with Gasteiger partial charge >= 0.3 is 6.03 Å². The van der Waals surface area contributed by atoms with Gasteiger partial charge < -0.3 is 16.0 Å². The van der Waals surface area contributed by atoms with E-state index in [1.807, 2.05) is 37.3 Å². The van der Waals surface area contributed by atoms with Crippen molar-refractivity contribution >= 4 is 17.6 Å². The van der Waals surface area contributed by atoms with E-state index in [4.69, 9.17) is 6.42 Å². The van der Waals surface area contributed by atoms with Crippen LogP contribution in [0.1, 0.15) is 35.3 Å². The third-order valence-corrected chi connectivity index (χ3v) is 3.57. The molecule has 3 amide bonds. The molecule has 2 aromatic carbocycles. The van der Waals surface area contributed by atoms with Crippen molar-refractivity contribution in [1.82, 2.24) is 10.6 Å². The fourth-order valence-corrected chi connectivity index (χ4v) is 2.35. The lowest BCUT2D eigenvalue weighted by Gasteiger charge is -2.17. The Morgan fingerprint density at radius 1 is 1.08 bits per heavy atom. The van der Waals surface area contributed by atoms with Crippen molar-refractivity contribution in [2.45, 2.75) is 19.4 Å². The lowest BCUT2D eigenvalue weighted by molar-refractivity contribution is 0.0956. The number of rotatable bonds is 6. The van der Waals surface area contributed by atoms with Gasteiger partial charge in [0, 0.05) is 24.2 Å². The molecule has 128 valence electrons. The molecule has 5 heteroatoms. The van der Waals surface area contributed by atoms with Gasteiger partial charge in [0.1, 0.15) is 0 Å². The Bertz CT molecular complexity index is 749. The van der Waals surface area contributed by atoms with Crippen LogP contribution in [0.2, 0.25) is 0 Å². The summed E-state index contributed by atoms with van der Waals surface area (Å²) in [6.45, 7) is 2.43. The first-order valence-electron chi connectivity index (χ1n) is 8.08. The predicted octanol–water partition coefficient (Wildman–Crippen LogP) is 3.32. The third-order valence-electron chi connectivity index (χ3n) is 3.57. The molecule has 0 aromatic heterocycles. The standard InChI is InChI=1S/C20H21N3O2/c1-3-8-18(15-9-6-5-7-10-15)23-20(25)22-17-13-11-16(12-14-17)19(24)21-4-2/h1,5-7,9-14,18H,4,8H2,2H3,(H,21,24)(H2,22,23,25). The van der Waals surface area contributed by atoms with Gasteiger partial charge in [0.05, 0.1) is 6.04 Å². The topological polar surface area (TPSA) is 70.2 Å².